The van der Waals surface area contributed by atoms with Crippen molar-refractivity contribution in [2.24, 2.45) is 11.8 Å². The fourth-order valence-corrected chi connectivity index (χ4v) is 2.34. The van der Waals surface area contributed by atoms with E-state index in [0.717, 1.165) is 0 Å². The van der Waals surface area contributed by atoms with Gasteiger partial charge in [0, 0.05) is 6.61 Å². The van der Waals surface area contributed by atoms with Crippen LogP contribution in [0.25, 0.3) is 0 Å². The molecule has 3 nitrogen and oxygen atoms in total. The molecule has 0 aliphatic heterocycles. The zero-order valence-corrected chi connectivity index (χ0v) is 14.5. The van der Waals surface area contributed by atoms with Gasteiger partial charge in [0.15, 0.2) is 8.32 Å². The van der Waals surface area contributed by atoms with E-state index in [0.29, 0.717) is 18.9 Å². The van der Waals surface area contributed by atoms with Gasteiger partial charge < -0.3 is 9.53 Å². The van der Waals surface area contributed by atoms with E-state index in [9.17, 15) is 4.79 Å². The molecule has 0 aromatic heterocycles. The fraction of sp³-hybridized carbons (Fsp3) is 0.800. The van der Waals surface area contributed by atoms with Crippen LogP contribution in [-0.4, -0.2) is 26.0 Å². The summed E-state index contributed by atoms with van der Waals surface area (Å²) in [5, 5.41) is 9.02. The van der Waals surface area contributed by atoms with Crippen molar-refractivity contribution < 1.29 is 14.3 Å². The first-order valence-corrected chi connectivity index (χ1v) is 9.91. The van der Waals surface area contributed by atoms with Gasteiger partial charge in [0.05, 0.1) is 5.92 Å². The van der Waals surface area contributed by atoms with E-state index >= 15 is 0 Å². The Bertz CT molecular complexity index is 316. The van der Waals surface area contributed by atoms with Crippen LogP contribution in [0.5, 0.6) is 0 Å². The van der Waals surface area contributed by atoms with Crippen LogP contribution in [0.15, 0.2) is 12.2 Å². The molecule has 19 heavy (non-hydrogen) atoms. The molecule has 0 rings (SSSR count). The van der Waals surface area contributed by atoms with E-state index in [1.165, 1.54) is 0 Å². The molecule has 112 valence electrons. The number of allylic oxidation sites excluding steroid dienone is 1. The molecule has 0 aliphatic carbocycles. The molecule has 0 aromatic rings. The molecule has 0 bridgehead atoms. The van der Waals surface area contributed by atoms with Gasteiger partial charge in [-0.15, -0.1) is 0 Å². The van der Waals surface area contributed by atoms with Crippen molar-refractivity contribution in [1.82, 2.24) is 0 Å². The second kappa shape index (κ2) is 7.24. The Hall–Kier alpha value is -0.613. The molecule has 1 N–H and O–H groups in total. The van der Waals surface area contributed by atoms with Crippen LogP contribution in [0.2, 0.25) is 18.1 Å². The fourth-order valence-electron chi connectivity index (χ4n) is 1.23. The Morgan fingerprint density at radius 1 is 1.32 bits per heavy atom. The van der Waals surface area contributed by atoms with Gasteiger partial charge in [-0.2, -0.15) is 0 Å². The maximum Gasteiger partial charge on any atom is 0.306 e. The van der Waals surface area contributed by atoms with E-state index in [2.05, 4.69) is 46.9 Å². The highest BCUT2D eigenvalue weighted by molar-refractivity contribution is 6.74. The van der Waals surface area contributed by atoms with Crippen LogP contribution >= 0.6 is 0 Å². The summed E-state index contributed by atoms with van der Waals surface area (Å²) in [6, 6.07) is 0. The zero-order valence-electron chi connectivity index (χ0n) is 13.5. The highest BCUT2D eigenvalue weighted by atomic mass is 28.4. The molecule has 0 fully saturated rings. The summed E-state index contributed by atoms with van der Waals surface area (Å²) in [6.07, 6.45) is 4.60. The first-order chi connectivity index (χ1) is 8.47. The topological polar surface area (TPSA) is 46.5 Å². The van der Waals surface area contributed by atoms with Gasteiger partial charge in [-0.05, 0) is 30.5 Å². The molecular weight excluding hydrogens is 256 g/mol. The lowest BCUT2D eigenvalue weighted by atomic mass is 10.1. The van der Waals surface area contributed by atoms with Crippen LogP contribution in [0, 0.1) is 11.8 Å². The van der Waals surface area contributed by atoms with E-state index in [1.807, 2.05) is 6.08 Å². The molecule has 0 amide bonds. The molecular formula is C15H30O3Si. The minimum absolute atomic E-state index is 0.230. The predicted molar refractivity (Wildman–Crippen MR) is 82.9 cm³/mol. The maximum atomic E-state index is 10.7. The SMILES string of the molecule is C[C@H](/C=C/C[C@H](C)C(=O)O)CO[Si](C)(C)C(C)(C)C. The van der Waals surface area contributed by atoms with Crippen molar-refractivity contribution in [3.8, 4) is 0 Å². The number of hydrogen-bond donors (Lipinski definition) is 1. The average molecular weight is 286 g/mol. The van der Waals surface area contributed by atoms with Crippen LogP contribution in [0.4, 0.5) is 0 Å². The van der Waals surface area contributed by atoms with E-state index < -0.39 is 14.3 Å². The molecule has 0 radical (unpaired) electrons. The van der Waals surface area contributed by atoms with Crippen molar-refractivity contribution in [3.63, 3.8) is 0 Å². The van der Waals surface area contributed by atoms with Gasteiger partial charge in [0.1, 0.15) is 0 Å². The number of rotatable bonds is 7. The number of aliphatic carboxylic acids is 1. The number of carbonyl (C=O) groups is 1. The van der Waals surface area contributed by atoms with Gasteiger partial charge >= 0.3 is 5.97 Å². The van der Waals surface area contributed by atoms with Crippen LogP contribution < -0.4 is 0 Å². The lowest BCUT2D eigenvalue weighted by molar-refractivity contribution is -0.140. The summed E-state index contributed by atoms with van der Waals surface area (Å²) in [7, 11) is -1.67. The van der Waals surface area contributed by atoms with Crippen molar-refractivity contribution >= 4 is 14.3 Å². The summed E-state index contributed by atoms with van der Waals surface area (Å²) < 4.78 is 6.13. The van der Waals surface area contributed by atoms with Gasteiger partial charge in [-0.25, -0.2) is 0 Å². The largest absolute Gasteiger partial charge is 0.481 e. The summed E-state index contributed by atoms with van der Waals surface area (Å²) in [4.78, 5) is 10.7. The molecule has 0 heterocycles. The molecule has 0 aliphatic rings. The van der Waals surface area contributed by atoms with Crippen molar-refractivity contribution in [3.05, 3.63) is 12.2 Å². The minimum atomic E-state index is -1.67. The quantitative estimate of drug-likeness (QED) is 0.560. The molecule has 2 atom stereocenters. The first kappa shape index (κ1) is 18.4. The van der Waals surface area contributed by atoms with E-state index in [4.69, 9.17) is 9.53 Å². The third-order valence-electron chi connectivity index (χ3n) is 3.89. The van der Waals surface area contributed by atoms with Crippen LogP contribution in [-0.2, 0) is 9.22 Å². The van der Waals surface area contributed by atoms with Crippen molar-refractivity contribution in [2.75, 3.05) is 6.61 Å². The van der Waals surface area contributed by atoms with E-state index in [-0.39, 0.29) is 11.0 Å². The Morgan fingerprint density at radius 3 is 2.26 bits per heavy atom. The molecule has 0 aromatic carbocycles. The molecule has 0 unspecified atom stereocenters. The average Bonchev–Trinajstić information content (AvgIpc) is 2.24. The monoisotopic (exact) mass is 286 g/mol. The Morgan fingerprint density at radius 2 is 1.84 bits per heavy atom. The Kier molecular flexibility index (Phi) is 7.01. The summed E-state index contributed by atoms with van der Waals surface area (Å²) in [6.45, 7) is 15.7. The second-order valence-electron chi connectivity index (χ2n) is 6.95. The minimum Gasteiger partial charge on any atom is -0.481 e. The predicted octanol–water partition coefficient (Wildman–Crippen LogP) is 4.31. The summed E-state index contributed by atoms with van der Waals surface area (Å²) in [5.74, 6) is -0.727. The molecule has 0 spiro atoms. The molecule has 4 heteroatoms. The third-order valence-corrected chi connectivity index (χ3v) is 8.39. The smallest absolute Gasteiger partial charge is 0.306 e. The summed E-state index contributed by atoms with van der Waals surface area (Å²) in [5.41, 5.74) is 0. The highest BCUT2D eigenvalue weighted by Crippen LogP contribution is 2.36. The zero-order chi connectivity index (χ0) is 15.3. The van der Waals surface area contributed by atoms with E-state index in [1.54, 1.807) is 6.92 Å². The standard InChI is InChI=1S/C15H30O3Si/c1-12(9-8-10-13(2)14(16)17)11-18-19(6,7)15(3,4)5/h8-9,12-13H,10-11H2,1-7H3,(H,16,17)/b9-8+/t12-,13+/m1/s1. The van der Waals surface area contributed by atoms with Crippen LogP contribution in [0.3, 0.4) is 0 Å². The Balaban J connectivity index is 4.16. The summed E-state index contributed by atoms with van der Waals surface area (Å²) >= 11 is 0. The first-order valence-electron chi connectivity index (χ1n) is 7.01. The Labute approximate surface area is 119 Å². The third kappa shape index (κ3) is 6.92. The van der Waals surface area contributed by atoms with Crippen LogP contribution in [0.1, 0.15) is 41.0 Å². The maximum absolute atomic E-state index is 10.7. The lowest BCUT2D eigenvalue weighted by Crippen LogP contribution is -2.41. The normalized spacial score (nSPS) is 16.6. The molecule has 0 saturated carbocycles. The number of carboxylic acids is 1. The van der Waals surface area contributed by atoms with Crippen molar-refractivity contribution in [2.45, 2.75) is 59.2 Å². The number of carboxylic acid groups (broad SMARTS) is 1. The second-order valence-corrected chi connectivity index (χ2v) is 11.8. The van der Waals surface area contributed by atoms with Crippen molar-refractivity contribution in [1.29, 1.82) is 0 Å². The highest BCUT2D eigenvalue weighted by Gasteiger charge is 2.37. The van der Waals surface area contributed by atoms with Gasteiger partial charge in [-0.3, -0.25) is 4.79 Å². The van der Waals surface area contributed by atoms with Gasteiger partial charge in [0.2, 0.25) is 0 Å². The number of hydrogen-bond acceptors (Lipinski definition) is 2. The van der Waals surface area contributed by atoms with Gasteiger partial charge in [-0.1, -0.05) is 46.8 Å². The van der Waals surface area contributed by atoms with Gasteiger partial charge in [0.25, 0.3) is 0 Å². The lowest BCUT2D eigenvalue weighted by Gasteiger charge is -2.36. The molecule has 0 saturated heterocycles.